The van der Waals surface area contributed by atoms with Crippen LogP contribution in [0.5, 0.6) is 5.75 Å². The Kier molecular flexibility index (Phi) is 12.7. The molecule has 1 saturated carbocycles. The Bertz CT molecular complexity index is 766. The number of ether oxygens (including phenoxy) is 1. The van der Waals surface area contributed by atoms with Gasteiger partial charge in [-0.2, -0.15) is 0 Å². The Morgan fingerprint density at radius 3 is 2.57 bits per heavy atom. The highest BCUT2D eigenvalue weighted by Crippen LogP contribution is 2.28. The number of guanidine groups is 1. The summed E-state index contributed by atoms with van der Waals surface area (Å²) in [6, 6.07) is 6.28. The fraction of sp³-hybridized carbons (Fsp3) is 0.667. The molecule has 0 bridgehead atoms. The van der Waals surface area contributed by atoms with Gasteiger partial charge in [-0.1, -0.05) is 12.1 Å². The van der Waals surface area contributed by atoms with E-state index in [4.69, 9.17) is 4.74 Å². The van der Waals surface area contributed by atoms with Crippen molar-refractivity contribution in [3.05, 3.63) is 29.3 Å². The number of benzene rings is 1. The van der Waals surface area contributed by atoms with Gasteiger partial charge in [-0.15, -0.1) is 24.0 Å². The third-order valence-electron chi connectivity index (χ3n) is 4.92. The van der Waals surface area contributed by atoms with Crippen molar-refractivity contribution in [3.8, 4) is 5.75 Å². The van der Waals surface area contributed by atoms with E-state index in [-0.39, 0.29) is 29.7 Å². The largest absolute Gasteiger partial charge is 0.490 e. The van der Waals surface area contributed by atoms with Crippen LogP contribution in [0.15, 0.2) is 23.2 Å². The summed E-state index contributed by atoms with van der Waals surface area (Å²) in [7, 11) is -3.13. The molecule has 30 heavy (non-hydrogen) atoms. The number of halogens is 1. The first-order chi connectivity index (χ1) is 13.9. The van der Waals surface area contributed by atoms with Crippen LogP contribution < -0.4 is 20.1 Å². The topological polar surface area (TPSA) is 91.8 Å². The maximum Gasteiger partial charge on any atom is 0.211 e. The van der Waals surface area contributed by atoms with Crippen molar-refractivity contribution in [1.29, 1.82) is 0 Å². The van der Waals surface area contributed by atoms with Crippen LogP contribution in [0.25, 0.3) is 0 Å². The molecule has 1 aromatic rings. The highest BCUT2D eigenvalue weighted by Gasteiger charge is 2.18. The number of nitrogens with one attached hydrogen (secondary N) is 3. The van der Waals surface area contributed by atoms with E-state index in [1.54, 1.807) is 6.92 Å². The second kappa shape index (κ2) is 14.1. The summed E-state index contributed by atoms with van der Waals surface area (Å²) >= 11 is 0. The predicted octanol–water partition coefficient (Wildman–Crippen LogP) is 3.32. The molecule has 0 unspecified atom stereocenters. The van der Waals surface area contributed by atoms with Gasteiger partial charge in [0.2, 0.25) is 10.0 Å². The van der Waals surface area contributed by atoms with Crippen LogP contribution in [0.2, 0.25) is 0 Å². The second-order valence-corrected chi connectivity index (χ2v) is 9.50. The number of sulfonamides is 1. The second-order valence-electron chi connectivity index (χ2n) is 7.41. The van der Waals surface area contributed by atoms with Crippen LogP contribution >= 0.6 is 24.0 Å². The Hall–Kier alpha value is -1.07. The number of nitrogens with zero attached hydrogens (tertiary/aromatic N) is 1. The quantitative estimate of drug-likeness (QED) is 0.170. The zero-order valence-corrected chi connectivity index (χ0v) is 21.5. The van der Waals surface area contributed by atoms with Gasteiger partial charge in [0.05, 0.1) is 18.4 Å². The van der Waals surface area contributed by atoms with Crippen molar-refractivity contribution in [3.63, 3.8) is 0 Å². The molecule has 1 aromatic carbocycles. The molecule has 0 amide bonds. The minimum Gasteiger partial charge on any atom is -0.490 e. The SMILES string of the molecule is CCNC(=NCc1ccc(C)cc1OC1CCCC1)NCCCNS(=O)(=O)CC.I. The van der Waals surface area contributed by atoms with Crippen molar-refractivity contribution in [2.45, 2.75) is 65.5 Å². The van der Waals surface area contributed by atoms with Gasteiger partial charge in [0, 0.05) is 25.2 Å². The summed E-state index contributed by atoms with van der Waals surface area (Å²) in [4.78, 5) is 4.69. The normalized spacial score (nSPS) is 15.0. The maximum atomic E-state index is 11.5. The standard InChI is InChI=1S/C21H36N4O3S.HI/c1-4-22-21(23-13-8-14-25-29(26,27)5-2)24-16-18-12-11-17(3)15-20(18)28-19-9-6-7-10-19;/h11-12,15,19,25H,4-10,13-14,16H2,1-3H3,(H2,22,23,24);1H. The molecule has 172 valence electrons. The lowest BCUT2D eigenvalue weighted by molar-refractivity contribution is 0.208. The van der Waals surface area contributed by atoms with Crippen molar-refractivity contribution in [2.75, 3.05) is 25.4 Å². The molecule has 0 aliphatic heterocycles. The van der Waals surface area contributed by atoms with Crippen LogP contribution in [0.4, 0.5) is 0 Å². The van der Waals surface area contributed by atoms with Crippen molar-refractivity contribution in [1.82, 2.24) is 15.4 Å². The fourth-order valence-electron chi connectivity index (χ4n) is 3.22. The maximum absolute atomic E-state index is 11.5. The lowest BCUT2D eigenvalue weighted by Gasteiger charge is -2.17. The third kappa shape index (κ3) is 9.82. The molecule has 7 nitrogen and oxygen atoms in total. The number of aliphatic imine (C=N–C) groups is 1. The zero-order valence-electron chi connectivity index (χ0n) is 18.4. The van der Waals surface area contributed by atoms with Gasteiger partial charge in [0.1, 0.15) is 5.75 Å². The highest BCUT2D eigenvalue weighted by atomic mass is 127. The Morgan fingerprint density at radius 2 is 1.90 bits per heavy atom. The van der Waals surface area contributed by atoms with E-state index in [0.29, 0.717) is 32.2 Å². The average Bonchev–Trinajstić information content (AvgIpc) is 3.20. The van der Waals surface area contributed by atoms with Gasteiger partial charge in [0.25, 0.3) is 0 Å². The lowest BCUT2D eigenvalue weighted by atomic mass is 10.1. The van der Waals surface area contributed by atoms with Crippen LogP contribution in [-0.4, -0.2) is 45.9 Å². The monoisotopic (exact) mass is 552 g/mol. The van der Waals surface area contributed by atoms with Crippen LogP contribution in [0.3, 0.4) is 0 Å². The lowest BCUT2D eigenvalue weighted by Crippen LogP contribution is -2.38. The molecular formula is C21H37IN4O3S. The summed E-state index contributed by atoms with van der Waals surface area (Å²) in [5.74, 6) is 1.76. The predicted molar refractivity (Wildman–Crippen MR) is 134 cm³/mol. The molecule has 0 heterocycles. The molecule has 0 saturated heterocycles. The van der Waals surface area contributed by atoms with Gasteiger partial charge in [-0.25, -0.2) is 18.1 Å². The molecule has 0 aromatic heterocycles. The molecular weight excluding hydrogens is 515 g/mol. The first-order valence-electron chi connectivity index (χ1n) is 10.7. The smallest absolute Gasteiger partial charge is 0.211 e. The zero-order chi connectivity index (χ0) is 21.1. The number of hydrogen-bond donors (Lipinski definition) is 3. The molecule has 0 spiro atoms. The number of aryl methyl sites for hydroxylation is 1. The third-order valence-corrected chi connectivity index (χ3v) is 6.32. The summed E-state index contributed by atoms with van der Waals surface area (Å²) in [6.45, 7) is 8.07. The minimum atomic E-state index is -3.13. The van der Waals surface area contributed by atoms with Gasteiger partial charge in [-0.3, -0.25) is 0 Å². The average molecular weight is 553 g/mol. The summed E-state index contributed by atoms with van der Waals surface area (Å²) in [6.07, 6.45) is 5.74. The van der Waals surface area contributed by atoms with Gasteiger partial charge >= 0.3 is 0 Å². The molecule has 2 rings (SSSR count). The van der Waals surface area contributed by atoms with Crippen LogP contribution in [0.1, 0.15) is 57.1 Å². The first-order valence-corrected chi connectivity index (χ1v) is 12.3. The van der Waals surface area contributed by atoms with Crippen LogP contribution in [0, 0.1) is 6.92 Å². The van der Waals surface area contributed by atoms with Gasteiger partial charge < -0.3 is 15.4 Å². The highest BCUT2D eigenvalue weighted by molar-refractivity contribution is 14.0. The summed E-state index contributed by atoms with van der Waals surface area (Å²) in [5, 5.41) is 6.50. The van der Waals surface area contributed by atoms with Crippen LogP contribution in [-0.2, 0) is 16.6 Å². The van der Waals surface area contributed by atoms with E-state index in [1.165, 1.54) is 18.4 Å². The summed E-state index contributed by atoms with van der Waals surface area (Å²) < 4.78 is 31.8. The van der Waals surface area contributed by atoms with Gasteiger partial charge in [0.15, 0.2) is 5.96 Å². The number of rotatable bonds is 11. The van der Waals surface area contributed by atoms with E-state index in [2.05, 4.69) is 45.5 Å². The Morgan fingerprint density at radius 1 is 1.17 bits per heavy atom. The molecule has 1 aliphatic rings. The minimum absolute atomic E-state index is 0. The number of hydrogen-bond acceptors (Lipinski definition) is 4. The van der Waals surface area contributed by atoms with Crippen molar-refractivity contribution < 1.29 is 13.2 Å². The Balaban J connectivity index is 0.00000450. The molecule has 1 fully saturated rings. The van der Waals surface area contributed by atoms with E-state index >= 15 is 0 Å². The molecule has 0 radical (unpaired) electrons. The van der Waals surface area contributed by atoms with Gasteiger partial charge in [-0.05, 0) is 64.5 Å². The Labute approximate surface area is 198 Å². The van der Waals surface area contributed by atoms with Crippen molar-refractivity contribution in [2.24, 2.45) is 4.99 Å². The van der Waals surface area contributed by atoms with E-state index in [9.17, 15) is 8.42 Å². The van der Waals surface area contributed by atoms with Crippen molar-refractivity contribution >= 4 is 40.0 Å². The molecule has 1 aliphatic carbocycles. The summed E-state index contributed by atoms with van der Waals surface area (Å²) in [5.41, 5.74) is 2.26. The molecule has 3 N–H and O–H groups in total. The first kappa shape index (κ1) is 27.0. The molecule has 0 atom stereocenters. The van der Waals surface area contributed by atoms with E-state index < -0.39 is 10.0 Å². The molecule has 9 heteroatoms. The van der Waals surface area contributed by atoms with E-state index in [0.717, 1.165) is 36.7 Å². The van der Waals surface area contributed by atoms with E-state index in [1.807, 2.05) is 6.92 Å². The fourth-order valence-corrected chi connectivity index (χ4v) is 3.88.